The lowest BCUT2D eigenvalue weighted by Gasteiger charge is -2.40. The summed E-state index contributed by atoms with van der Waals surface area (Å²) in [5.74, 6) is -0.321. The van der Waals surface area contributed by atoms with E-state index in [0.717, 1.165) is 6.42 Å². The quantitative estimate of drug-likeness (QED) is 0.396. The third-order valence-corrected chi connectivity index (χ3v) is 2.99. The van der Waals surface area contributed by atoms with E-state index in [1.165, 1.54) is 0 Å². The number of carbonyl (C=O) groups excluding carboxylic acids is 1. The normalized spacial score (nSPS) is 36.4. The molecule has 0 aromatic rings. The zero-order chi connectivity index (χ0) is 13.7. The van der Waals surface area contributed by atoms with Gasteiger partial charge in [-0.3, -0.25) is 4.79 Å². The van der Waals surface area contributed by atoms with E-state index in [1.807, 2.05) is 6.92 Å². The number of aliphatic hydroxyl groups is 4. The highest BCUT2D eigenvalue weighted by Gasteiger charge is 2.44. The second-order valence-electron chi connectivity index (χ2n) is 4.43. The van der Waals surface area contributed by atoms with Crippen molar-refractivity contribution in [2.45, 2.75) is 56.8 Å². The summed E-state index contributed by atoms with van der Waals surface area (Å²) >= 11 is 0. The van der Waals surface area contributed by atoms with Crippen molar-refractivity contribution in [1.29, 1.82) is 0 Å². The average molecular weight is 265 g/mol. The minimum absolute atomic E-state index is 0.284. The maximum Gasteiger partial charge on any atom is 0.220 e. The number of hydrogen-bond acceptors (Lipinski definition) is 6. The van der Waals surface area contributed by atoms with Crippen LogP contribution in [0.4, 0.5) is 0 Å². The van der Waals surface area contributed by atoms with Crippen molar-refractivity contribution >= 4 is 5.91 Å². The van der Waals surface area contributed by atoms with Gasteiger partial charge in [0.1, 0.15) is 24.4 Å². The molecule has 0 bridgehead atoms. The first-order valence-corrected chi connectivity index (χ1v) is 6.11. The Hall–Kier alpha value is -0.730. The summed E-state index contributed by atoms with van der Waals surface area (Å²) in [5.41, 5.74) is 0. The molecular formula is C11H21NO6. The van der Waals surface area contributed by atoms with Crippen molar-refractivity contribution in [3.8, 4) is 0 Å². The molecule has 7 heteroatoms. The molecular weight excluding hydrogens is 244 g/mol. The van der Waals surface area contributed by atoms with Gasteiger partial charge in [-0.1, -0.05) is 13.3 Å². The fourth-order valence-corrected chi connectivity index (χ4v) is 1.85. The van der Waals surface area contributed by atoms with E-state index < -0.39 is 37.3 Å². The molecule has 1 aliphatic heterocycles. The fourth-order valence-electron chi connectivity index (χ4n) is 1.85. The molecule has 1 rings (SSSR count). The highest BCUT2D eigenvalue weighted by atomic mass is 16.9. The summed E-state index contributed by atoms with van der Waals surface area (Å²) in [6, 6.07) is -1.09. The van der Waals surface area contributed by atoms with Gasteiger partial charge in [0.2, 0.25) is 5.91 Å². The van der Waals surface area contributed by atoms with Crippen LogP contribution in [0.15, 0.2) is 0 Å². The number of rotatable bonds is 5. The van der Waals surface area contributed by atoms with Gasteiger partial charge in [0.15, 0.2) is 6.29 Å². The molecule has 0 spiro atoms. The third-order valence-electron chi connectivity index (χ3n) is 2.99. The maximum atomic E-state index is 11.5. The number of carbonyl (C=O) groups is 1. The largest absolute Gasteiger partial charge is 0.394 e. The van der Waals surface area contributed by atoms with Gasteiger partial charge in [-0.05, 0) is 6.42 Å². The van der Waals surface area contributed by atoms with E-state index >= 15 is 0 Å². The van der Waals surface area contributed by atoms with Crippen LogP contribution in [-0.2, 0) is 9.53 Å². The lowest BCUT2D eigenvalue weighted by atomic mass is 10.0. The Balaban J connectivity index is 2.57. The maximum absolute atomic E-state index is 11.5. The standard InChI is InChI=1S/C11H21NO6/c1-2-3-4-7(14)12-8-10(16)9(15)6(5-13)18-11(8)17/h6,8-11,13,15-17H,2-5H2,1H3,(H,12,14)/t6-,8-,9-,10-,11?/m1/s1/i11+2. The zero-order valence-corrected chi connectivity index (χ0v) is 10.3. The molecule has 1 amide bonds. The first-order valence-electron chi connectivity index (χ1n) is 6.11. The molecule has 1 unspecified atom stereocenters. The number of nitrogens with one attached hydrogen (secondary N) is 1. The average Bonchev–Trinajstić information content (AvgIpc) is 2.36. The molecule has 5 atom stereocenters. The van der Waals surface area contributed by atoms with Crippen LogP contribution in [0, 0.1) is 0 Å². The molecule has 1 heterocycles. The SMILES string of the molecule is CCCCC(=O)N[C@@H]1[C@@H](O)[C@H](O)[C@@H](CO)O[14CH]1O. The van der Waals surface area contributed by atoms with Crippen LogP contribution in [0.5, 0.6) is 0 Å². The predicted molar refractivity (Wildman–Crippen MR) is 61.4 cm³/mol. The van der Waals surface area contributed by atoms with E-state index in [2.05, 4.69) is 5.32 Å². The molecule has 0 aliphatic carbocycles. The van der Waals surface area contributed by atoms with Gasteiger partial charge in [0.25, 0.3) is 0 Å². The zero-order valence-electron chi connectivity index (χ0n) is 10.3. The van der Waals surface area contributed by atoms with Crippen LogP contribution in [0.3, 0.4) is 0 Å². The Morgan fingerprint density at radius 2 is 2.06 bits per heavy atom. The molecule has 18 heavy (non-hydrogen) atoms. The number of ether oxygens (including phenoxy) is 1. The van der Waals surface area contributed by atoms with Crippen molar-refractivity contribution < 1.29 is 30.0 Å². The van der Waals surface area contributed by atoms with Crippen LogP contribution in [0.25, 0.3) is 0 Å². The van der Waals surface area contributed by atoms with Crippen molar-refractivity contribution in [1.82, 2.24) is 5.32 Å². The molecule has 106 valence electrons. The highest BCUT2D eigenvalue weighted by molar-refractivity contribution is 5.76. The van der Waals surface area contributed by atoms with Crippen molar-refractivity contribution in [2.75, 3.05) is 6.61 Å². The Labute approximate surface area is 105 Å². The third kappa shape index (κ3) is 3.63. The van der Waals surface area contributed by atoms with E-state index in [4.69, 9.17) is 9.84 Å². The molecule has 0 saturated carbocycles. The minimum Gasteiger partial charge on any atom is -0.394 e. The summed E-state index contributed by atoms with van der Waals surface area (Å²) in [4.78, 5) is 11.5. The van der Waals surface area contributed by atoms with Crippen LogP contribution >= 0.6 is 0 Å². The molecule has 1 fully saturated rings. The predicted octanol–water partition coefficient (Wildman–Crippen LogP) is -1.91. The lowest BCUT2D eigenvalue weighted by molar-refractivity contribution is -0.253. The molecule has 1 aliphatic rings. The van der Waals surface area contributed by atoms with Gasteiger partial charge in [-0.25, -0.2) is 0 Å². The van der Waals surface area contributed by atoms with E-state index in [9.17, 15) is 20.1 Å². The van der Waals surface area contributed by atoms with E-state index in [0.29, 0.717) is 6.42 Å². The number of unbranched alkanes of at least 4 members (excludes halogenated alkanes) is 1. The summed E-state index contributed by atoms with van der Waals surface area (Å²) in [6.45, 7) is 1.42. The van der Waals surface area contributed by atoms with Gasteiger partial charge in [0, 0.05) is 6.42 Å². The summed E-state index contributed by atoms with van der Waals surface area (Å²) in [5, 5.41) is 40.3. The molecule has 1 saturated heterocycles. The summed E-state index contributed by atoms with van der Waals surface area (Å²) in [7, 11) is 0. The summed E-state index contributed by atoms with van der Waals surface area (Å²) in [6.07, 6.45) is -3.40. The molecule has 7 nitrogen and oxygen atoms in total. The van der Waals surface area contributed by atoms with Crippen molar-refractivity contribution in [3.63, 3.8) is 0 Å². The highest BCUT2D eigenvalue weighted by Crippen LogP contribution is 2.19. The van der Waals surface area contributed by atoms with Gasteiger partial charge in [-0.2, -0.15) is 0 Å². The van der Waals surface area contributed by atoms with E-state index in [1.54, 1.807) is 0 Å². The monoisotopic (exact) mass is 265 g/mol. The van der Waals surface area contributed by atoms with Crippen molar-refractivity contribution in [2.24, 2.45) is 0 Å². The Morgan fingerprint density at radius 3 is 2.61 bits per heavy atom. The summed E-state index contributed by atoms with van der Waals surface area (Å²) < 4.78 is 4.92. The topological polar surface area (TPSA) is 119 Å². The van der Waals surface area contributed by atoms with E-state index in [-0.39, 0.29) is 12.3 Å². The van der Waals surface area contributed by atoms with Crippen LogP contribution < -0.4 is 5.32 Å². The second kappa shape index (κ2) is 7.01. The van der Waals surface area contributed by atoms with Gasteiger partial charge in [0.05, 0.1) is 6.61 Å². The van der Waals surface area contributed by atoms with Crippen LogP contribution in [0.2, 0.25) is 0 Å². The first-order chi connectivity index (χ1) is 8.51. The minimum atomic E-state index is -1.45. The smallest absolute Gasteiger partial charge is 0.220 e. The second-order valence-corrected chi connectivity index (χ2v) is 4.43. The Kier molecular flexibility index (Phi) is 5.97. The van der Waals surface area contributed by atoms with Crippen LogP contribution in [0.1, 0.15) is 26.2 Å². The lowest BCUT2D eigenvalue weighted by Crippen LogP contribution is -2.64. The molecule has 0 radical (unpaired) electrons. The number of hydrogen-bond donors (Lipinski definition) is 5. The molecule has 0 aromatic carbocycles. The fraction of sp³-hybridized carbons (Fsp3) is 0.909. The molecule has 5 N–H and O–H groups in total. The van der Waals surface area contributed by atoms with Gasteiger partial charge >= 0.3 is 0 Å². The Morgan fingerprint density at radius 1 is 1.39 bits per heavy atom. The van der Waals surface area contributed by atoms with Gasteiger partial charge in [-0.15, -0.1) is 0 Å². The van der Waals surface area contributed by atoms with Crippen molar-refractivity contribution in [3.05, 3.63) is 0 Å². The Bertz CT molecular complexity index is 274. The number of aliphatic hydroxyl groups excluding tert-OH is 4. The van der Waals surface area contributed by atoms with Gasteiger partial charge < -0.3 is 30.5 Å². The van der Waals surface area contributed by atoms with Crippen LogP contribution in [-0.4, -0.2) is 63.6 Å². The molecule has 0 aromatic heterocycles. The first kappa shape index (κ1) is 15.3. The number of amides is 1.